The lowest BCUT2D eigenvalue weighted by molar-refractivity contribution is 0.0572. The molecule has 1 aliphatic heterocycles. The summed E-state index contributed by atoms with van der Waals surface area (Å²) in [4.78, 5) is 24.5. The normalized spacial score (nSPS) is 21.4. The van der Waals surface area contributed by atoms with Crippen LogP contribution in [0.4, 0.5) is 10.5 Å². The average molecular weight is 294 g/mol. The molecular formula is C14H18N2O5. The van der Waals surface area contributed by atoms with Crippen molar-refractivity contribution in [3.63, 3.8) is 0 Å². The quantitative estimate of drug-likeness (QED) is 0.637. The molecule has 0 radical (unpaired) electrons. The van der Waals surface area contributed by atoms with E-state index in [9.17, 15) is 19.8 Å². The highest BCUT2D eigenvalue weighted by molar-refractivity contribution is 5.94. The van der Waals surface area contributed by atoms with E-state index >= 15 is 0 Å². The highest BCUT2D eigenvalue weighted by atomic mass is 16.4. The maximum atomic E-state index is 12.0. The zero-order valence-electron chi connectivity index (χ0n) is 11.8. The number of carboxylic acids is 1. The fraction of sp³-hybridized carbons (Fsp3) is 0.429. The summed E-state index contributed by atoms with van der Waals surface area (Å²) in [5, 5.41) is 30.6. The molecule has 1 heterocycles. The van der Waals surface area contributed by atoms with Crippen LogP contribution in [0.2, 0.25) is 0 Å². The van der Waals surface area contributed by atoms with Crippen LogP contribution in [0, 0.1) is 13.8 Å². The van der Waals surface area contributed by atoms with E-state index in [4.69, 9.17) is 5.11 Å². The molecule has 2 rings (SSSR count). The molecule has 2 unspecified atom stereocenters. The first-order chi connectivity index (χ1) is 9.79. The SMILES string of the molecule is Cc1cc(NC(=O)N2CC(O)C(O)C2)cc(C(=O)O)c1C. The maximum Gasteiger partial charge on any atom is 0.336 e. The van der Waals surface area contributed by atoms with Gasteiger partial charge in [0.15, 0.2) is 0 Å². The second-order valence-electron chi connectivity index (χ2n) is 5.24. The van der Waals surface area contributed by atoms with E-state index in [2.05, 4.69) is 5.32 Å². The van der Waals surface area contributed by atoms with Gasteiger partial charge >= 0.3 is 12.0 Å². The molecule has 114 valence electrons. The summed E-state index contributed by atoms with van der Waals surface area (Å²) in [5.41, 5.74) is 1.90. The summed E-state index contributed by atoms with van der Waals surface area (Å²) < 4.78 is 0. The molecule has 1 fully saturated rings. The van der Waals surface area contributed by atoms with Crippen molar-refractivity contribution in [2.45, 2.75) is 26.1 Å². The second kappa shape index (κ2) is 5.71. The highest BCUT2D eigenvalue weighted by Gasteiger charge is 2.32. The zero-order valence-corrected chi connectivity index (χ0v) is 11.8. The second-order valence-corrected chi connectivity index (χ2v) is 5.24. The van der Waals surface area contributed by atoms with Gasteiger partial charge < -0.3 is 25.5 Å². The number of amides is 2. The molecule has 2 atom stereocenters. The third-order valence-corrected chi connectivity index (χ3v) is 3.70. The van der Waals surface area contributed by atoms with E-state index in [-0.39, 0.29) is 18.7 Å². The zero-order chi connectivity index (χ0) is 15.7. The van der Waals surface area contributed by atoms with Gasteiger partial charge in [-0.3, -0.25) is 0 Å². The van der Waals surface area contributed by atoms with Gasteiger partial charge in [-0.05, 0) is 37.1 Å². The number of carboxylic acid groups (broad SMARTS) is 1. The molecule has 1 aromatic carbocycles. The molecular weight excluding hydrogens is 276 g/mol. The van der Waals surface area contributed by atoms with E-state index in [0.717, 1.165) is 5.56 Å². The number of nitrogens with one attached hydrogen (secondary N) is 1. The van der Waals surface area contributed by atoms with Crippen molar-refractivity contribution in [2.24, 2.45) is 0 Å². The summed E-state index contributed by atoms with van der Waals surface area (Å²) in [5.74, 6) is -1.06. The number of hydrogen-bond acceptors (Lipinski definition) is 4. The Labute approximate surface area is 121 Å². The molecule has 1 saturated heterocycles. The predicted molar refractivity (Wildman–Crippen MR) is 75.5 cm³/mol. The van der Waals surface area contributed by atoms with Gasteiger partial charge in [0, 0.05) is 5.69 Å². The summed E-state index contributed by atoms with van der Waals surface area (Å²) in [6.07, 6.45) is -1.91. The Morgan fingerprint density at radius 2 is 1.76 bits per heavy atom. The first-order valence-electron chi connectivity index (χ1n) is 6.56. The Balaban J connectivity index is 2.17. The number of aryl methyl sites for hydroxylation is 1. The average Bonchev–Trinajstić information content (AvgIpc) is 2.73. The Morgan fingerprint density at radius 1 is 1.19 bits per heavy atom. The lowest BCUT2D eigenvalue weighted by atomic mass is 10.0. The largest absolute Gasteiger partial charge is 0.478 e. The Morgan fingerprint density at radius 3 is 2.29 bits per heavy atom. The molecule has 1 aliphatic rings. The van der Waals surface area contributed by atoms with E-state index in [1.165, 1.54) is 11.0 Å². The molecule has 0 saturated carbocycles. The van der Waals surface area contributed by atoms with Crippen molar-refractivity contribution in [1.82, 2.24) is 4.90 Å². The Kier molecular flexibility index (Phi) is 4.15. The lowest BCUT2D eigenvalue weighted by Gasteiger charge is -2.17. The Bertz CT molecular complexity index is 577. The number of carbonyl (C=O) groups excluding carboxylic acids is 1. The minimum atomic E-state index is -1.06. The van der Waals surface area contributed by atoms with Gasteiger partial charge in [0.25, 0.3) is 0 Å². The molecule has 0 aromatic heterocycles. The summed E-state index contributed by atoms with van der Waals surface area (Å²) in [7, 11) is 0. The van der Waals surface area contributed by atoms with Crippen LogP contribution in [0.5, 0.6) is 0 Å². The van der Waals surface area contributed by atoms with Crippen LogP contribution in [0.25, 0.3) is 0 Å². The molecule has 21 heavy (non-hydrogen) atoms. The van der Waals surface area contributed by atoms with E-state index in [1.807, 2.05) is 0 Å². The van der Waals surface area contributed by atoms with Crippen molar-refractivity contribution in [3.8, 4) is 0 Å². The number of nitrogens with zero attached hydrogens (tertiary/aromatic N) is 1. The van der Waals surface area contributed by atoms with Gasteiger partial charge in [-0.25, -0.2) is 9.59 Å². The summed E-state index contributed by atoms with van der Waals surface area (Å²) in [6, 6.07) is 2.60. The number of β-amino-alcohol motifs (C(OH)–C–C–N with tert-alkyl or cyclic N) is 2. The number of carbonyl (C=O) groups is 2. The highest BCUT2D eigenvalue weighted by Crippen LogP contribution is 2.21. The van der Waals surface area contributed by atoms with Gasteiger partial charge in [0.1, 0.15) is 0 Å². The van der Waals surface area contributed by atoms with Crippen LogP contribution in [-0.4, -0.2) is 57.5 Å². The molecule has 4 N–H and O–H groups in total. The summed E-state index contributed by atoms with van der Waals surface area (Å²) >= 11 is 0. The first-order valence-corrected chi connectivity index (χ1v) is 6.56. The van der Waals surface area contributed by atoms with Crippen LogP contribution >= 0.6 is 0 Å². The van der Waals surface area contributed by atoms with E-state index in [1.54, 1.807) is 19.9 Å². The molecule has 0 bridgehead atoms. The van der Waals surface area contributed by atoms with E-state index in [0.29, 0.717) is 11.3 Å². The fourth-order valence-electron chi connectivity index (χ4n) is 2.29. The number of anilines is 1. The van der Waals surface area contributed by atoms with Crippen molar-refractivity contribution in [2.75, 3.05) is 18.4 Å². The van der Waals surface area contributed by atoms with Crippen LogP contribution in [0.3, 0.4) is 0 Å². The van der Waals surface area contributed by atoms with Gasteiger partial charge in [-0.2, -0.15) is 0 Å². The van der Waals surface area contributed by atoms with Gasteiger partial charge in [0.2, 0.25) is 0 Å². The molecule has 7 nitrogen and oxygen atoms in total. The monoisotopic (exact) mass is 294 g/mol. The van der Waals surface area contributed by atoms with Crippen molar-refractivity contribution >= 4 is 17.7 Å². The van der Waals surface area contributed by atoms with Gasteiger partial charge in [0.05, 0.1) is 30.9 Å². The minimum Gasteiger partial charge on any atom is -0.478 e. The van der Waals surface area contributed by atoms with Crippen LogP contribution in [-0.2, 0) is 0 Å². The standard InChI is InChI=1S/C14H18N2O5/c1-7-3-9(4-10(8(7)2)13(19)20)15-14(21)16-5-11(17)12(18)6-16/h3-4,11-12,17-18H,5-6H2,1-2H3,(H,15,21)(H,19,20). The third-order valence-electron chi connectivity index (χ3n) is 3.70. The number of benzene rings is 1. The van der Waals surface area contributed by atoms with Crippen molar-refractivity contribution < 1.29 is 24.9 Å². The first kappa shape index (κ1) is 15.3. The number of hydrogen-bond donors (Lipinski definition) is 4. The maximum absolute atomic E-state index is 12.0. The smallest absolute Gasteiger partial charge is 0.336 e. The van der Waals surface area contributed by atoms with E-state index < -0.39 is 24.2 Å². The molecule has 2 amide bonds. The number of aliphatic hydroxyl groups excluding tert-OH is 2. The number of rotatable bonds is 2. The van der Waals surface area contributed by atoms with Crippen molar-refractivity contribution in [3.05, 3.63) is 28.8 Å². The predicted octanol–water partition coefficient (Wildman–Crippen LogP) is 0.571. The number of likely N-dealkylation sites (tertiary alicyclic amines) is 1. The minimum absolute atomic E-state index is 0.0453. The molecule has 0 spiro atoms. The lowest BCUT2D eigenvalue weighted by Crippen LogP contribution is -2.34. The number of urea groups is 1. The van der Waals surface area contributed by atoms with Crippen LogP contribution in [0.1, 0.15) is 21.5 Å². The van der Waals surface area contributed by atoms with Crippen molar-refractivity contribution in [1.29, 1.82) is 0 Å². The Hall–Kier alpha value is -2.12. The summed E-state index contributed by atoms with van der Waals surface area (Å²) in [6.45, 7) is 3.56. The molecule has 0 aliphatic carbocycles. The van der Waals surface area contributed by atoms with Crippen LogP contribution in [0.15, 0.2) is 12.1 Å². The molecule has 7 heteroatoms. The fourth-order valence-corrected chi connectivity index (χ4v) is 2.29. The number of aliphatic hydroxyl groups is 2. The topological polar surface area (TPSA) is 110 Å². The van der Waals surface area contributed by atoms with Crippen LogP contribution < -0.4 is 5.32 Å². The molecule has 1 aromatic rings. The van der Waals surface area contributed by atoms with Gasteiger partial charge in [-0.1, -0.05) is 0 Å². The third kappa shape index (κ3) is 3.14. The number of aromatic carboxylic acids is 1. The van der Waals surface area contributed by atoms with Gasteiger partial charge in [-0.15, -0.1) is 0 Å².